The molecule has 2 heterocycles. The van der Waals surface area contributed by atoms with Gasteiger partial charge in [0.25, 0.3) is 0 Å². The van der Waals surface area contributed by atoms with Crippen molar-refractivity contribution < 1.29 is 9.47 Å². The Hall–Kier alpha value is -1.23. The Morgan fingerprint density at radius 2 is 2.05 bits per heavy atom. The third-order valence-electron chi connectivity index (χ3n) is 3.21. The number of hydrogen-bond donors (Lipinski definition) is 1. The van der Waals surface area contributed by atoms with Gasteiger partial charge in [0.05, 0.1) is 11.1 Å². The molecule has 2 aromatic rings. The molecular formula is C15H16ClNO2S. The van der Waals surface area contributed by atoms with Crippen molar-refractivity contribution in [2.45, 2.75) is 13.0 Å². The highest BCUT2D eigenvalue weighted by Gasteiger charge is 2.20. The molecule has 0 saturated heterocycles. The van der Waals surface area contributed by atoms with Crippen molar-refractivity contribution in [2.24, 2.45) is 0 Å². The Morgan fingerprint density at radius 1 is 1.25 bits per heavy atom. The van der Waals surface area contributed by atoms with Crippen molar-refractivity contribution in [3.63, 3.8) is 0 Å². The van der Waals surface area contributed by atoms with Gasteiger partial charge in [-0.2, -0.15) is 0 Å². The van der Waals surface area contributed by atoms with Crippen LogP contribution in [0.25, 0.3) is 0 Å². The molecule has 1 aromatic carbocycles. The summed E-state index contributed by atoms with van der Waals surface area (Å²) in [6.45, 7) is 4.17. The van der Waals surface area contributed by atoms with Crippen molar-refractivity contribution in [2.75, 3.05) is 19.8 Å². The summed E-state index contributed by atoms with van der Waals surface area (Å²) in [6.07, 6.45) is 0. The molecule has 3 nitrogen and oxygen atoms in total. The molecule has 1 unspecified atom stereocenters. The zero-order valence-corrected chi connectivity index (χ0v) is 12.8. The maximum Gasteiger partial charge on any atom is 0.161 e. The Balaban J connectivity index is 1.97. The maximum absolute atomic E-state index is 6.28. The van der Waals surface area contributed by atoms with Gasteiger partial charge in [0.2, 0.25) is 0 Å². The minimum atomic E-state index is 0.0864. The molecule has 3 rings (SSSR count). The smallest absolute Gasteiger partial charge is 0.161 e. The summed E-state index contributed by atoms with van der Waals surface area (Å²) in [6, 6.07) is 8.09. The molecule has 1 atom stereocenters. The molecule has 20 heavy (non-hydrogen) atoms. The average molecular weight is 310 g/mol. The van der Waals surface area contributed by atoms with E-state index >= 15 is 0 Å². The predicted octanol–water partition coefficient (Wildman–Crippen LogP) is 3.87. The molecular weight excluding hydrogens is 294 g/mol. The molecule has 1 aliphatic rings. The molecule has 0 bridgehead atoms. The number of benzene rings is 1. The van der Waals surface area contributed by atoms with E-state index in [0.29, 0.717) is 13.2 Å². The second-order valence-electron chi connectivity index (χ2n) is 4.53. The topological polar surface area (TPSA) is 30.5 Å². The lowest BCUT2D eigenvalue weighted by atomic mass is 10.0. The highest BCUT2D eigenvalue weighted by atomic mass is 35.5. The summed E-state index contributed by atoms with van der Waals surface area (Å²) < 4.78 is 11.2. The molecule has 1 aromatic heterocycles. The first-order valence-electron chi connectivity index (χ1n) is 6.65. The van der Waals surface area contributed by atoms with E-state index in [9.17, 15) is 0 Å². The molecule has 0 spiro atoms. The van der Waals surface area contributed by atoms with E-state index in [2.05, 4.69) is 18.3 Å². The summed E-state index contributed by atoms with van der Waals surface area (Å²) in [7, 11) is 0. The zero-order valence-electron chi connectivity index (χ0n) is 11.2. The summed E-state index contributed by atoms with van der Waals surface area (Å²) in [5.41, 5.74) is 1.14. The van der Waals surface area contributed by atoms with Crippen LogP contribution in [0, 0.1) is 0 Å². The zero-order chi connectivity index (χ0) is 13.9. The average Bonchev–Trinajstić information content (AvgIpc) is 2.90. The Kier molecular flexibility index (Phi) is 4.15. The molecule has 1 aliphatic heterocycles. The van der Waals surface area contributed by atoms with Crippen molar-refractivity contribution in [1.29, 1.82) is 0 Å². The molecule has 0 radical (unpaired) electrons. The molecule has 1 N–H and O–H groups in total. The van der Waals surface area contributed by atoms with E-state index in [-0.39, 0.29) is 6.04 Å². The lowest BCUT2D eigenvalue weighted by Gasteiger charge is -2.22. The number of fused-ring (bicyclic) bond motifs is 1. The van der Waals surface area contributed by atoms with Gasteiger partial charge in [-0.05, 0) is 35.7 Å². The van der Waals surface area contributed by atoms with Gasteiger partial charge in [0.15, 0.2) is 11.5 Å². The van der Waals surface area contributed by atoms with Crippen LogP contribution >= 0.6 is 22.9 Å². The fourth-order valence-corrected chi connectivity index (χ4v) is 3.58. The van der Waals surface area contributed by atoms with E-state index in [1.165, 1.54) is 0 Å². The lowest BCUT2D eigenvalue weighted by Crippen LogP contribution is -2.22. The minimum Gasteiger partial charge on any atom is -0.486 e. The monoisotopic (exact) mass is 309 g/mol. The fraction of sp³-hybridized carbons (Fsp3) is 0.333. The summed E-state index contributed by atoms with van der Waals surface area (Å²) in [4.78, 5) is 1.13. The largest absolute Gasteiger partial charge is 0.486 e. The van der Waals surface area contributed by atoms with E-state index in [1.54, 1.807) is 11.3 Å². The minimum absolute atomic E-state index is 0.0864. The second-order valence-corrected chi connectivity index (χ2v) is 5.88. The van der Waals surface area contributed by atoms with E-state index in [1.807, 2.05) is 23.6 Å². The van der Waals surface area contributed by atoms with Gasteiger partial charge in [0.1, 0.15) is 13.2 Å². The molecule has 106 valence electrons. The van der Waals surface area contributed by atoms with Crippen molar-refractivity contribution in [1.82, 2.24) is 5.32 Å². The summed E-state index contributed by atoms with van der Waals surface area (Å²) >= 11 is 7.94. The number of nitrogens with one attached hydrogen (secondary N) is 1. The molecule has 0 amide bonds. The van der Waals surface area contributed by atoms with Crippen LogP contribution in [0.2, 0.25) is 5.02 Å². The first-order valence-corrected chi connectivity index (χ1v) is 7.91. The van der Waals surface area contributed by atoms with Crippen molar-refractivity contribution >= 4 is 22.9 Å². The van der Waals surface area contributed by atoms with Crippen LogP contribution in [0.1, 0.15) is 23.4 Å². The quantitative estimate of drug-likeness (QED) is 0.930. The molecule has 0 aliphatic carbocycles. The number of thiophene rings is 1. The van der Waals surface area contributed by atoms with Crippen LogP contribution in [-0.4, -0.2) is 19.8 Å². The second kappa shape index (κ2) is 6.04. The third-order valence-corrected chi connectivity index (χ3v) is 4.64. The van der Waals surface area contributed by atoms with E-state index in [4.69, 9.17) is 21.1 Å². The van der Waals surface area contributed by atoms with Gasteiger partial charge in [-0.3, -0.25) is 0 Å². The van der Waals surface area contributed by atoms with Crippen LogP contribution in [0.15, 0.2) is 29.6 Å². The van der Waals surface area contributed by atoms with Gasteiger partial charge in [-0.25, -0.2) is 0 Å². The standard InChI is InChI=1S/C15H16ClNO2S/c1-2-17-14(15-11(16)5-8-20-15)10-3-4-12-13(9-10)19-7-6-18-12/h3-5,8-9,14,17H,2,6-7H2,1H3. The Morgan fingerprint density at radius 3 is 2.75 bits per heavy atom. The third kappa shape index (κ3) is 2.64. The Labute approximate surface area is 127 Å². The van der Waals surface area contributed by atoms with Crippen LogP contribution in [0.4, 0.5) is 0 Å². The highest BCUT2D eigenvalue weighted by molar-refractivity contribution is 7.10. The van der Waals surface area contributed by atoms with Gasteiger partial charge >= 0.3 is 0 Å². The summed E-state index contributed by atoms with van der Waals surface area (Å²) in [5.74, 6) is 1.62. The van der Waals surface area contributed by atoms with E-state index in [0.717, 1.165) is 33.5 Å². The fourth-order valence-electron chi connectivity index (χ4n) is 2.32. The SMILES string of the molecule is CCNC(c1ccc2c(c1)OCCO2)c1sccc1Cl. The number of ether oxygens (including phenoxy) is 2. The predicted molar refractivity (Wildman–Crippen MR) is 82.3 cm³/mol. The highest BCUT2D eigenvalue weighted by Crippen LogP contribution is 2.37. The first-order chi connectivity index (χ1) is 9.79. The number of halogens is 1. The van der Waals surface area contributed by atoms with Crippen LogP contribution < -0.4 is 14.8 Å². The van der Waals surface area contributed by atoms with Gasteiger partial charge in [0, 0.05) is 4.88 Å². The van der Waals surface area contributed by atoms with E-state index < -0.39 is 0 Å². The maximum atomic E-state index is 6.28. The molecule has 0 saturated carbocycles. The van der Waals surface area contributed by atoms with Crippen molar-refractivity contribution in [3.05, 3.63) is 45.1 Å². The summed E-state index contributed by atoms with van der Waals surface area (Å²) in [5, 5.41) is 6.29. The van der Waals surface area contributed by atoms with Crippen molar-refractivity contribution in [3.8, 4) is 11.5 Å². The van der Waals surface area contributed by atoms with Gasteiger partial charge in [-0.15, -0.1) is 11.3 Å². The van der Waals surface area contributed by atoms with Crippen LogP contribution in [0.5, 0.6) is 11.5 Å². The van der Waals surface area contributed by atoms with Crippen LogP contribution in [0.3, 0.4) is 0 Å². The molecule has 5 heteroatoms. The Bertz CT molecular complexity index is 599. The first kappa shape index (κ1) is 13.7. The normalized spacial score (nSPS) is 15.1. The molecule has 0 fully saturated rings. The lowest BCUT2D eigenvalue weighted by molar-refractivity contribution is 0.171. The van der Waals surface area contributed by atoms with Crippen LogP contribution in [-0.2, 0) is 0 Å². The number of rotatable bonds is 4. The van der Waals surface area contributed by atoms with Gasteiger partial charge in [-0.1, -0.05) is 24.6 Å². The number of hydrogen-bond acceptors (Lipinski definition) is 4. The van der Waals surface area contributed by atoms with Gasteiger partial charge < -0.3 is 14.8 Å².